The fourth-order valence-corrected chi connectivity index (χ4v) is 1.47. The van der Waals surface area contributed by atoms with Gasteiger partial charge in [-0.1, -0.05) is 6.92 Å². The maximum absolute atomic E-state index is 8.71. The minimum absolute atomic E-state index is 0.0864. The van der Waals surface area contributed by atoms with Crippen LogP contribution in [0.5, 0.6) is 0 Å². The third kappa shape index (κ3) is 3.77. The standard InChI is InChI=1S/C12H20N6/c1-4-7-15-10-8-11(17-12(14)16-10)18(3)9(2)5-6-13/h8-9H,4-5,7H2,1-3H3,(H3,14,15,16,17). The number of anilines is 3. The van der Waals surface area contributed by atoms with Crippen molar-refractivity contribution in [3.05, 3.63) is 6.07 Å². The average molecular weight is 248 g/mol. The Labute approximate surface area is 108 Å². The van der Waals surface area contributed by atoms with Gasteiger partial charge in [0.05, 0.1) is 12.5 Å². The van der Waals surface area contributed by atoms with E-state index in [0.29, 0.717) is 6.42 Å². The summed E-state index contributed by atoms with van der Waals surface area (Å²) in [6.45, 7) is 4.90. The molecule has 1 unspecified atom stereocenters. The Balaban J connectivity index is 2.88. The first kappa shape index (κ1) is 14.0. The molecule has 1 atom stereocenters. The van der Waals surface area contributed by atoms with Crippen molar-refractivity contribution in [2.75, 3.05) is 29.5 Å². The van der Waals surface area contributed by atoms with Crippen LogP contribution in [0.15, 0.2) is 6.07 Å². The maximum Gasteiger partial charge on any atom is 0.223 e. The van der Waals surface area contributed by atoms with E-state index in [0.717, 1.165) is 24.6 Å². The first-order valence-electron chi connectivity index (χ1n) is 6.06. The molecule has 0 fully saturated rings. The minimum atomic E-state index is 0.0864. The molecule has 98 valence electrons. The van der Waals surface area contributed by atoms with Crippen LogP contribution in [0.4, 0.5) is 17.6 Å². The van der Waals surface area contributed by atoms with Crippen LogP contribution in [-0.4, -0.2) is 29.6 Å². The summed E-state index contributed by atoms with van der Waals surface area (Å²) in [4.78, 5) is 10.2. The van der Waals surface area contributed by atoms with Crippen molar-refractivity contribution in [1.82, 2.24) is 9.97 Å². The second kappa shape index (κ2) is 6.64. The molecule has 3 N–H and O–H groups in total. The molecule has 0 spiro atoms. The molecule has 0 aromatic carbocycles. The minimum Gasteiger partial charge on any atom is -0.370 e. The van der Waals surface area contributed by atoms with Crippen molar-refractivity contribution in [3.8, 4) is 6.07 Å². The molecule has 0 aliphatic rings. The zero-order valence-corrected chi connectivity index (χ0v) is 11.1. The first-order chi connectivity index (χ1) is 8.58. The van der Waals surface area contributed by atoms with Crippen molar-refractivity contribution in [2.24, 2.45) is 0 Å². The van der Waals surface area contributed by atoms with Crippen molar-refractivity contribution >= 4 is 17.6 Å². The fraction of sp³-hybridized carbons (Fsp3) is 0.583. The van der Waals surface area contributed by atoms with Crippen LogP contribution in [0.2, 0.25) is 0 Å². The summed E-state index contributed by atoms with van der Waals surface area (Å²) < 4.78 is 0. The van der Waals surface area contributed by atoms with Crippen LogP contribution in [0.3, 0.4) is 0 Å². The van der Waals surface area contributed by atoms with E-state index in [-0.39, 0.29) is 12.0 Å². The third-order valence-electron chi connectivity index (χ3n) is 2.70. The van der Waals surface area contributed by atoms with E-state index < -0.39 is 0 Å². The number of aromatic nitrogens is 2. The SMILES string of the molecule is CCCNc1cc(N(C)C(C)CC#N)nc(N)n1. The lowest BCUT2D eigenvalue weighted by atomic mass is 10.2. The van der Waals surface area contributed by atoms with E-state index in [1.54, 1.807) is 0 Å². The molecule has 6 nitrogen and oxygen atoms in total. The number of nitrogens with one attached hydrogen (secondary N) is 1. The Morgan fingerprint density at radius 2 is 2.28 bits per heavy atom. The monoisotopic (exact) mass is 248 g/mol. The molecule has 6 heteroatoms. The zero-order chi connectivity index (χ0) is 13.5. The van der Waals surface area contributed by atoms with Gasteiger partial charge in [-0.3, -0.25) is 0 Å². The van der Waals surface area contributed by atoms with Gasteiger partial charge in [0.25, 0.3) is 0 Å². The first-order valence-corrected chi connectivity index (χ1v) is 6.06. The van der Waals surface area contributed by atoms with E-state index in [1.165, 1.54) is 0 Å². The summed E-state index contributed by atoms with van der Waals surface area (Å²) in [7, 11) is 1.90. The van der Waals surface area contributed by atoms with Gasteiger partial charge in [-0.2, -0.15) is 15.2 Å². The van der Waals surface area contributed by atoms with Gasteiger partial charge in [0, 0.05) is 25.7 Å². The van der Waals surface area contributed by atoms with Gasteiger partial charge in [0.1, 0.15) is 11.6 Å². The van der Waals surface area contributed by atoms with Gasteiger partial charge in [-0.15, -0.1) is 0 Å². The van der Waals surface area contributed by atoms with E-state index in [1.807, 2.05) is 24.9 Å². The Hall–Kier alpha value is -2.03. The quantitative estimate of drug-likeness (QED) is 0.795. The number of hydrogen-bond acceptors (Lipinski definition) is 6. The van der Waals surface area contributed by atoms with Crippen molar-refractivity contribution < 1.29 is 0 Å². The molecule has 0 radical (unpaired) electrons. The van der Waals surface area contributed by atoms with Gasteiger partial charge in [0.15, 0.2) is 0 Å². The predicted molar refractivity (Wildman–Crippen MR) is 73.3 cm³/mol. The van der Waals surface area contributed by atoms with Crippen LogP contribution in [0.25, 0.3) is 0 Å². The summed E-state index contributed by atoms with van der Waals surface area (Å²) >= 11 is 0. The second-order valence-electron chi connectivity index (χ2n) is 4.22. The highest BCUT2D eigenvalue weighted by Gasteiger charge is 2.12. The lowest BCUT2D eigenvalue weighted by Gasteiger charge is -2.24. The Morgan fingerprint density at radius 1 is 1.56 bits per heavy atom. The van der Waals surface area contributed by atoms with Crippen molar-refractivity contribution in [1.29, 1.82) is 5.26 Å². The molecule has 0 saturated carbocycles. The fourth-order valence-electron chi connectivity index (χ4n) is 1.47. The smallest absolute Gasteiger partial charge is 0.223 e. The molecule has 0 aliphatic heterocycles. The lowest BCUT2D eigenvalue weighted by molar-refractivity contribution is 0.693. The molecule has 1 aromatic rings. The second-order valence-corrected chi connectivity index (χ2v) is 4.22. The summed E-state index contributed by atoms with van der Waals surface area (Å²) in [6, 6.07) is 4.08. The summed E-state index contributed by atoms with van der Waals surface area (Å²) in [5.74, 6) is 1.68. The molecule has 0 amide bonds. The topological polar surface area (TPSA) is 90.9 Å². The van der Waals surface area contributed by atoms with Crippen LogP contribution >= 0.6 is 0 Å². The number of nitrogen functional groups attached to an aromatic ring is 1. The number of nitriles is 1. The van der Waals surface area contributed by atoms with Gasteiger partial charge < -0.3 is 16.0 Å². The zero-order valence-electron chi connectivity index (χ0n) is 11.1. The van der Waals surface area contributed by atoms with Crippen LogP contribution < -0.4 is 16.0 Å². The maximum atomic E-state index is 8.71. The predicted octanol–water partition coefficient (Wildman–Crippen LogP) is 1.62. The number of nitrogens with zero attached hydrogens (tertiary/aromatic N) is 4. The number of hydrogen-bond donors (Lipinski definition) is 2. The molecular formula is C12H20N6. The van der Waals surface area contributed by atoms with E-state index in [2.05, 4.69) is 28.3 Å². The molecule has 0 saturated heterocycles. The third-order valence-corrected chi connectivity index (χ3v) is 2.70. The Kier molecular flexibility index (Phi) is 5.18. The highest BCUT2D eigenvalue weighted by atomic mass is 15.2. The highest BCUT2D eigenvalue weighted by molar-refractivity contribution is 5.52. The molecule has 1 rings (SSSR count). The van der Waals surface area contributed by atoms with E-state index in [4.69, 9.17) is 11.0 Å². The molecular weight excluding hydrogens is 228 g/mol. The molecule has 1 heterocycles. The Morgan fingerprint density at radius 3 is 2.89 bits per heavy atom. The van der Waals surface area contributed by atoms with Gasteiger partial charge in [-0.05, 0) is 13.3 Å². The summed E-state index contributed by atoms with van der Waals surface area (Å²) in [6.07, 6.45) is 1.46. The molecule has 0 bridgehead atoms. The number of rotatable bonds is 6. The normalized spacial score (nSPS) is 11.7. The summed E-state index contributed by atoms with van der Waals surface area (Å²) in [5.41, 5.74) is 5.69. The molecule has 18 heavy (non-hydrogen) atoms. The van der Waals surface area contributed by atoms with Gasteiger partial charge >= 0.3 is 0 Å². The highest BCUT2D eigenvalue weighted by Crippen LogP contribution is 2.18. The van der Waals surface area contributed by atoms with Crippen LogP contribution in [0.1, 0.15) is 26.7 Å². The van der Waals surface area contributed by atoms with Crippen molar-refractivity contribution in [2.45, 2.75) is 32.7 Å². The lowest BCUT2D eigenvalue weighted by Crippen LogP contribution is -2.29. The number of nitrogens with two attached hydrogens (primary N) is 1. The summed E-state index contributed by atoms with van der Waals surface area (Å²) in [5, 5.41) is 11.9. The van der Waals surface area contributed by atoms with Crippen molar-refractivity contribution in [3.63, 3.8) is 0 Å². The van der Waals surface area contributed by atoms with Crippen LogP contribution in [0, 0.1) is 11.3 Å². The Bertz CT molecular complexity index is 425. The van der Waals surface area contributed by atoms with E-state index in [9.17, 15) is 0 Å². The van der Waals surface area contributed by atoms with Crippen LogP contribution in [-0.2, 0) is 0 Å². The van der Waals surface area contributed by atoms with Gasteiger partial charge in [-0.25, -0.2) is 0 Å². The molecule has 1 aromatic heterocycles. The largest absolute Gasteiger partial charge is 0.370 e. The van der Waals surface area contributed by atoms with Gasteiger partial charge in [0.2, 0.25) is 5.95 Å². The molecule has 0 aliphatic carbocycles. The average Bonchev–Trinajstić information content (AvgIpc) is 2.35. The van der Waals surface area contributed by atoms with E-state index >= 15 is 0 Å².